The first-order valence-corrected chi connectivity index (χ1v) is 7.07. The zero-order valence-electron chi connectivity index (χ0n) is 10.1. The molecule has 0 bridgehead atoms. The number of hydrogen-bond donors (Lipinski definition) is 1. The van der Waals surface area contributed by atoms with Crippen molar-refractivity contribution in [2.45, 2.75) is 6.54 Å². The zero-order chi connectivity index (χ0) is 13.8. The molecule has 1 aromatic heterocycles. The monoisotopic (exact) mass is 360 g/mol. The molecule has 19 heavy (non-hydrogen) atoms. The maximum Gasteiger partial charge on any atom is 0.223 e. The van der Waals surface area contributed by atoms with Crippen LogP contribution in [0, 0.1) is 0 Å². The topological polar surface area (TPSA) is 34.2 Å². The summed E-state index contributed by atoms with van der Waals surface area (Å²) in [4.78, 5) is 4.25. The second-order valence-electron chi connectivity index (χ2n) is 3.80. The van der Waals surface area contributed by atoms with Crippen molar-refractivity contribution in [1.29, 1.82) is 0 Å². The Morgan fingerprint density at radius 2 is 2.16 bits per heavy atom. The van der Waals surface area contributed by atoms with Crippen LogP contribution < -0.4 is 10.1 Å². The molecule has 100 valence electrons. The van der Waals surface area contributed by atoms with E-state index in [1.165, 1.54) is 0 Å². The number of benzene rings is 1. The van der Waals surface area contributed by atoms with Gasteiger partial charge in [-0.25, -0.2) is 4.98 Å². The van der Waals surface area contributed by atoms with Gasteiger partial charge in [0, 0.05) is 22.8 Å². The second-order valence-corrected chi connectivity index (χ2v) is 5.50. The molecule has 0 saturated carbocycles. The standard InChI is InChI=1S/C13H11BrCl2N2O/c1-17-6-8-5-9(14)7-18-13(8)19-11-4-2-3-10(15)12(11)16/h2-5,7,17H,6H2,1H3. The quantitative estimate of drug-likeness (QED) is 0.859. The fourth-order valence-corrected chi connectivity index (χ4v) is 2.25. The maximum atomic E-state index is 6.09. The van der Waals surface area contributed by atoms with Crippen LogP contribution in [0.2, 0.25) is 10.0 Å². The van der Waals surface area contributed by atoms with Gasteiger partial charge in [0.25, 0.3) is 0 Å². The van der Waals surface area contributed by atoms with Crippen LogP contribution in [0.5, 0.6) is 11.6 Å². The lowest BCUT2D eigenvalue weighted by molar-refractivity contribution is 0.454. The molecular weight excluding hydrogens is 351 g/mol. The molecule has 1 aromatic carbocycles. The van der Waals surface area contributed by atoms with Crippen LogP contribution in [0.1, 0.15) is 5.56 Å². The Balaban J connectivity index is 2.35. The van der Waals surface area contributed by atoms with E-state index in [2.05, 4.69) is 26.2 Å². The summed E-state index contributed by atoms with van der Waals surface area (Å²) in [5, 5.41) is 3.89. The predicted octanol–water partition coefficient (Wildman–Crippen LogP) is 4.66. The Labute approximate surface area is 130 Å². The number of aromatic nitrogens is 1. The first kappa shape index (κ1) is 14.6. The SMILES string of the molecule is CNCc1cc(Br)cnc1Oc1cccc(Cl)c1Cl. The van der Waals surface area contributed by atoms with Crippen molar-refractivity contribution in [2.75, 3.05) is 7.05 Å². The molecule has 0 amide bonds. The fraction of sp³-hybridized carbons (Fsp3) is 0.154. The third kappa shape index (κ3) is 3.60. The van der Waals surface area contributed by atoms with Crippen LogP contribution in [0.25, 0.3) is 0 Å². The summed E-state index contributed by atoms with van der Waals surface area (Å²) in [5.74, 6) is 0.989. The predicted molar refractivity (Wildman–Crippen MR) is 81.2 cm³/mol. The molecule has 2 aromatic rings. The van der Waals surface area contributed by atoms with E-state index >= 15 is 0 Å². The summed E-state index contributed by atoms with van der Waals surface area (Å²) in [6, 6.07) is 7.18. The molecule has 0 aliphatic rings. The van der Waals surface area contributed by atoms with E-state index in [9.17, 15) is 0 Å². The van der Waals surface area contributed by atoms with E-state index in [0.29, 0.717) is 28.2 Å². The Kier molecular flexibility index (Phi) is 5.05. The van der Waals surface area contributed by atoms with Gasteiger partial charge >= 0.3 is 0 Å². The molecule has 0 aliphatic carbocycles. The van der Waals surface area contributed by atoms with E-state index in [1.54, 1.807) is 24.4 Å². The zero-order valence-corrected chi connectivity index (χ0v) is 13.2. The Bertz CT molecular complexity index is 593. The summed E-state index contributed by atoms with van der Waals surface area (Å²) >= 11 is 15.4. The van der Waals surface area contributed by atoms with Crippen molar-refractivity contribution in [1.82, 2.24) is 10.3 Å². The fourth-order valence-electron chi connectivity index (χ4n) is 1.54. The lowest BCUT2D eigenvalue weighted by Gasteiger charge is -2.11. The molecule has 6 heteroatoms. The maximum absolute atomic E-state index is 6.09. The number of rotatable bonds is 4. The van der Waals surface area contributed by atoms with Crippen molar-refractivity contribution >= 4 is 39.1 Å². The second kappa shape index (κ2) is 6.57. The molecule has 0 saturated heterocycles. The first-order chi connectivity index (χ1) is 9.11. The molecule has 2 rings (SSSR count). The van der Waals surface area contributed by atoms with Crippen LogP contribution in [0.15, 0.2) is 34.9 Å². The number of nitrogens with zero attached hydrogens (tertiary/aromatic N) is 1. The van der Waals surface area contributed by atoms with Crippen LogP contribution in [0.4, 0.5) is 0 Å². The molecule has 3 nitrogen and oxygen atoms in total. The van der Waals surface area contributed by atoms with Gasteiger partial charge in [0.2, 0.25) is 5.88 Å². The average Bonchev–Trinajstić information content (AvgIpc) is 2.38. The minimum absolute atomic E-state index is 0.379. The first-order valence-electron chi connectivity index (χ1n) is 5.52. The van der Waals surface area contributed by atoms with Crippen LogP contribution >= 0.6 is 39.1 Å². The van der Waals surface area contributed by atoms with Gasteiger partial charge < -0.3 is 10.1 Å². The van der Waals surface area contributed by atoms with E-state index in [4.69, 9.17) is 27.9 Å². The molecule has 0 unspecified atom stereocenters. The molecule has 0 aliphatic heterocycles. The van der Waals surface area contributed by atoms with Crippen molar-refractivity contribution < 1.29 is 4.74 Å². The van der Waals surface area contributed by atoms with E-state index < -0.39 is 0 Å². The van der Waals surface area contributed by atoms with Crippen molar-refractivity contribution in [3.63, 3.8) is 0 Å². The molecule has 1 N–H and O–H groups in total. The number of pyridine rings is 1. The van der Waals surface area contributed by atoms with Crippen molar-refractivity contribution in [3.8, 4) is 11.6 Å². The summed E-state index contributed by atoms with van der Waals surface area (Å²) in [6.07, 6.45) is 1.67. The Morgan fingerprint density at radius 1 is 1.37 bits per heavy atom. The molecule has 0 spiro atoms. The van der Waals surface area contributed by atoms with E-state index in [0.717, 1.165) is 10.0 Å². The van der Waals surface area contributed by atoms with Gasteiger partial charge in [-0.15, -0.1) is 0 Å². The summed E-state index contributed by atoms with van der Waals surface area (Å²) in [5.41, 5.74) is 0.924. The highest BCUT2D eigenvalue weighted by Gasteiger charge is 2.11. The number of nitrogens with one attached hydrogen (secondary N) is 1. The number of halogens is 3. The van der Waals surface area contributed by atoms with Crippen LogP contribution in [-0.2, 0) is 6.54 Å². The minimum atomic E-state index is 0.379. The highest BCUT2D eigenvalue weighted by Crippen LogP contribution is 2.35. The molecule has 1 heterocycles. The summed E-state index contributed by atoms with van der Waals surface area (Å²) in [6.45, 7) is 0.639. The van der Waals surface area contributed by atoms with E-state index in [-0.39, 0.29) is 0 Å². The lowest BCUT2D eigenvalue weighted by Crippen LogP contribution is -2.07. The smallest absolute Gasteiger partial charge is 0.223 e. The van der Waals surface area contributed by atoms with Crippen molar-refractivity contribution in [3.05, 3.63) is 50.5 Å². The minimum Gasteiger partial charge on any atom is -0.437 e. The van der Waals surface area contributed by atoms with Gasteiger partial charge in [0.15, 0.2) is 0 Å². The average molecular weight is 362 g/mol. The lowest BCUT2D eigenvalue weighted by atomic mass is 10.2. The molecule has 0 radical (unpaired) electrons. The highest BCUT2D eigenvalue weighted by molar-refractivity contribution is 9.10. The number of ether oxygens (including phenoxy) is 1. The largest absolute Gasteiger partial charge is 0.437 e. The number of hydrogen-bond acceptors (Lipinski definition) is 3. The third-order valence-electron chi connectivity index (χ3n) is 2.38. The van der Waals surface area contributed by atoms with Crippen LogP contribution in [-0.4, -0.2) is 12.0 Å². The van der Waals surface area contributed by atoms with Gasteiger partial charge in [-0.3, -0.25) is 0 Å². The van der Waals surface area contributed by atoms with Gasteiger partial charge in [-0.2, -0.15) is 0 Å². The van der Waals surface area contributed by atoms with Gasteiger partial charge in [0.05, 0.1) is 5.02 Å². The van der Waals surface area contributed by atoms with Gasteiger partial charge in [-0.05, 0) is 41.2 Å². The summed E-state index contributed by atoms with van der Waals surface area (Å²) < 4.78 is 6.63. The van der Waals surface area contributed by atoms with E-state index in [1.807, 2.05) is 13.1 Å². The third-order valence-corrected chi connectivity index (χ3v) is 3.62. The normalized spacial score (nSPS) is 10.5. The van der Waals surface area contributed by atoms with Gasteiger partial charge in [-0.1, -0.05) is 29.3 Å². The molecular formula is C13H11BrCl2N2O. The Hall–Kier alpha value is -0.810. The van der Waals surface area contributed by atoms with Crippen LogP contribution in [0.3, 0.4) is 0 Å². The summed E-state index contributed by atoms with van der Waals surface area (Å²) in [7, 11) is 1.86. The molecule has 0 atom stereocenters. The van der Waals surface area contributed by atoms with Gasteiger partial charge in [0.1, 0.15) is 10.8 Å². The Morgan fingerprint density at radius 3 is 2.89 bits per heavy atom. The highest BCUT2D eigenvalue weighted by atomic mass is 79.9. The van der Waals surface area contributed by atoms with Crippen molar-refractivity contribution in [2.24, 2.45) is 0 Å². The molecule has 0 fully saturated rings.